The Balaban J connectivity index is 1.59. The molecule has 1 aromatic carbocycles. The Morgan fingerprint density at radius 3 is 2.54 bits per heavy atom. The van der Waals surface area contributed by atoms with Gasteiger partial charge in [0.1, 0.15) is 11.5 Å². The molecule has 0 aliphatic carbocycles. The van der Waals surface area contributed by atoms with E-state index in [1.54, 1.807) is 6.26 Å². The maximum atomic E-state index is 11.7. The Bertz CT molecular complexity index is 609. The van der Waals surface area contributed by atoms with Crippen LogP contribution in [0, 0.1) is 0 Å². The minimum absolute atomic E-state index is 0.0493. The fourth-order valence-corrected chi connectivity index (χ4v) is 2.34. The summed E-state index contributed by atoms with van der Waals surface area (Å²) < 4.78 is 10.9. The molecular weight excluding hydrogens is 302 g/mol. The molecule has 0 bridgehead atoms. The topological polar surface area (TPSA) is 51.5 Å². The average molecular weight is 329 g/mol. The molecule has 0 spiro atoms. The number of furan rings is 1. The maximum Gasteiger partial charge on any atom is 0.220 e. The molecule has 0 saturated heterocycles. The summed E-state index contributed by atoms with van der Waals surface area (Å²) in [5, 5.41) is 2.89. The summed E-state index contributed by atoms with van der Waals surface area (Å²) in [7, 11) is 0. The summed E-state index contributed by atoms with van der Waals surface area (Å²) in [5.74, 6) is 1.78. The van der Waals surface area contributed by atoms with Crippen LogP contribution in [-0.4, -0.2) is 19.1 Å². The summed E-state index contributed by atoms with van der Waals surface area (Å²) in [5.41, 5.74) is 1.43. The smallest absolute Gasteiger partial charge is 0.220 e. The van der Waals surface area contributed by atoms with Gasteiger partial charge in [-0.05, 0) is 41.7 Å². The number of ether oxygens (including phenoxy) is 1. The van der Waals surface area contributed by atoms with Crippen LogP contribution in [0.5, 0.6) is 5.75 Å². The van der Waals surface area contributed by atoms with Crippen molar-refractivity contribution in [2.75, 3.05) is 13.2 Å². The first-order chi connectivity index (χ1) is 11.4. The van der Waals surface area contributed by atoms with Crippen LogP contribution in [0.4, 0.5) is 0 Å². The van der Waals surface area contributed by atoms with Crippen LogP contribution in [0.1, 0.15) is 44.9 Å². The number of hydrogen-bond donors (Lipinski definition) is 1. The summed E-state index contributed by atoms with van der Waals surface area (Å²) in [6, 6.07) is 11.9. The molecule has 4 heteroatoms. The van der Waals surface area contributed by atoms with Crippen molar-refractivity contribution >= 4 is 5.91 Å². The van der Waals surface area contributed by atoms with Crippen LogP contribution in [0.3, 0.4) is 0 Å². The van der Waals surface area contributed by atoms with Gasteiger partial charge in [0.15, 0.2) is 0 Å². The molecule has 130 valence electrons. The lowest BCUT2D eigenvalue weighted by molar-refractivity contribution is -0.121. The van der Waals surface area contributed by atoms with Crippen molar-refractivity contribution in [1.82, 2.24) is 5.32 Å². The van der Waals surface area contributed by atoms with Crippen LogP contribution in [0.25, 0.3) is 0 Å². The quantitative estimate of drug-likeness (QED) is 0.742. The second-order valence-electron chi connectivity index (χ2n) is 6.91. The van der Waals surface area contributed by atoms with E-state index in [9.17, 15) is 4.79 Å². The van der Waals surface area contributed by atoms with Crippen molar-refractivity contribution in [2.45, 2.75) is 45.4 Å². The minimum atomic E-state index is 0.0493. The van der Waals surface area contributed by atoms with Crippen molar-refractivity contribution in [3.8, 4) is 5.75 Å². The molecule has 0 aliphatic heterocycles. The van der Waals surface area contributed by atoms with Crippen LogP contribution in [-0.2, 0) is 16.6 Å². The van der Waals surface area contributed by atoms with Gasteiger partial charge in [-0.2, -0.15) is 0 Å². The number of amides is 1. The molecule has 1 heterocycles. The van der Waals surface area contributed by atoms with Crippen LogP contribution in [0.15, 0.2) is 47.1 Å². The summed E-state index contributed by atoms with van der Waals surface area (Å²) in [6.07, 6.45) is 3.53. The van der Waals surface area contributed by atoms with Gasteiger partial charge in [-0.25, -0.2) is 0 Å². The van der Waals surface area contributed by atoms with Gasteiger partial charge in [0, 0.05) is 19.4 Å². The van der Waals surface area contributed by atoms with Crippen molar-refractivity contribution in [1.29, 1.82) is 0 Å². The van der Waals surface area contributed by atoms with E-state index in [-0.39, 0.29) is 11.3 Å². The van der Waals surface area contributed by atoms with E-state index < -0.39 is 0 Å². The Labute approximate surface area is 144 Å². The molecule has 0 atom stereocenters. The molecule has 0 saturated carbocycles. The summed E-state index contributed by atoms with van der Waals surface area (Å²) in [4.78, 5) is 11.7. The van der Waals surface area contributed by atoms with Crippen LogP contribution in [0.2, 0.25) is 0 Å². The fourth-order valence-electron chi connectivity index (χ4n) is 2.34. The van der Waals surface area contributed by atoms with Crippen molar-refractivity contribution in [2.24, 2.45) is 0 Å². The number of nitrogens with one attached hydrogen (secondary N) is 1. The van der Waals surface area contributed by atoms with Crippen molar-refractivity contribution in [3.63, 3.8) is 0 Å². The number of benzene rings is 1. The molecule has 1 N–H and O–H groups in total. The highest BCUT2D eigenvalue weighted by Crippen LogP contribution is 2.24. The zero-order valence-corrected chi connectivity index (χ0v) is 14.8. The standard InChI is InChI=1S/C20H27NO3/c1-20(2,3)16-8-10-18(11-9-16)24-15-5-7-19(22)21-13-12-17-6-4-14-23-17/h4,6,8-11,14H,5,7,12-13,15H2,1-3H3,(H,21,22). The fraction of sp³-hybridized carbons (Fsp3) is 0.450. The van der Waals surface area contributed by atoms with Crippen LogP contribution >= 0.6 is 0 Å². The van der Waals surface area contributed by atoms with E-state index >= 15 is 0 Å². The lowest BCUT2D eigenvalue weighted by Gasteiger charge is -2.19. The largest absolute Gasteiger partial charge is 0.494 e. The van der Waals surface area contributed by atoms with E-state index in [1.165, 1.54) is 5.56 Å². The van der Waals surface area contributed by atoms with Gasteiger partial charge in [-0.1, -0.05) is 32.9 Å². The molecule has 0 fully saturated rings. The van der Waals surface area contributed by atoms with E-state index in [1.807, 2.05) is 24.3 Å². The molecule has 2 rings (SSSR count). The van der Waals surface area contributed by atoms with Gasteiger partial charge in [0.2, 0.25) is 5.91 Å². The number of carbonyl (C=O) groups excluding carboxylic acids is 1. The molecule has 0 radical (unpaired) electrons. The third-order valence-corrected chi connectivity index (χ3v) is 3.81. The van der Waals surface area contributed by atoms with Crippen LogP contribution < -0.4 is 10.1 Å². The molecule has 1 aromatic heterocycles. The predicted octanol–water partition coefficient (Wildman–Crippen LogP) is 4.10. The van der Waals surface area contributed by atoms with Gasteiger partial charge >= 0.3 is 0 Å². The minimum Gasteiger partial charge on any atom is -0.494 e. The summed E-state index contributed by atoms with van der Waals surface area (Å²) in [6.45, 7) is 7.70. The molecule has 0 aliphatic rings. The first-order valence-electron chi connectivity index (χ1n) is 8.47. The molecular formula is C20H27NO3. The molecule has 4 nitrogen and oxygen atoms in total. The monoisotopic (exact) mass is 329 g/mol. The first kappa shape index (κ1) is 18.1. The third kappa shape index (κ3) is 6.11. The molecule has 2 aromatic rings. The third-order valence-electron chi connectivity index (χ3n) is 3.81. The van der Waals surface area contributed by atoms with E-state index in [0.717, 1.165) is 17.9 Å². The van der Waals surface area contributed by atoms with Gasteiger partial charge in [0.05, 0.1) is 12.9 Å². The number of carbonyl (C=O) groups is 1. The van der Waals surface area contributed by atoms with Crippen molar-refractivity contribution in [3.05, 3.63) is 54.0 Å². The normalized spacial score (nSPS) is 11.3. The number of hydrogen-bond acceptors (Lipinski definition) is 3. The highest BCUT2D eigenvalue weighted by molar-refractivity contribution is 5.75. The Morgan fingerprint density at radius 2 is 1.92 bits per heavy atom. The van der Waals surface area contributed by atoms with Gasteiger partial charge in [-0.3, -0.25) is 4.79 Å². The highest BCUT2D eigenvalue weighted by atomic mass is 16.5. The lowest BCUT2D eigenvalue weighted by Crippen LogP contribution is -2.25. The first-order valence-corrected chi connectivity index (χ1v) is 8.47. The molecule has 24 heavy (non-hydrogen) atoms. The highest BCUT2D eigenvalue weighted by Gasteiger charge is 2.12. The summed E-state index contributed by atoms with van der Waals surface area (Å²) >= 11 is 0. The second kappa shape index (κ2) is 8.57. The molecule has 1 amide bonds. The SMILES string of the molecule is CC(C)(C)c1ccc(OCCCC(=O)NCCc2ccco2)cc1. The second-order valence-corrected chi connectivity index (χ2v) is 6.91. The van der Waals surface area contributed by atoms with E-state index in [4.69, 9.17) is 9.15 Å². The van der Waals surface area contributed by atoms with Crippen molar-refractivity contribution < 1.29 is 13.9 Å². The lowest BCUT2D eigenvalue weighted by atomic mass is 9.87. The Morgan fingerprint density at radius 1 is 1.17 bits per heavy atom. The Hall–Kier alpha value is -2.23. The Kier molecular flexibility index (Phi) is 6.47. The molecule has 0 unspecified atom stereocenters. The van der Waals surface area contributed by atoms with E-state index in [0.29, 0.717) is 26.0 Å². The predicted molar refractivity (Wildman–Crippen MR) is 95.3 cm³/mol. The maximum absolute atomic E-state index is 11.7. The van der Waals surface area contributed by atoms with Gasteiger partial charge in [-0.15, -0.1) is 0 Å². The zero-order valence-electron chi connectivity index (χ0n) is 14.8. The van der Waals surface area contributed by atoms with Gasteiger partial charge < -0.3 is 14.5 Å². The van der Waals surface area contributed by atoms with E-state index in [2.05, 4.69) is 38.2 Å². The van der Waals surface area contributed by atoms with Gasteiger partial charge in [0.25, 0.3) is 0 Å². The zero-order chi connectivity index (χ0) is 17.4. The average Bonchev–Trinajstić information content (AvgIpc) is 3.04. The number of rotatable bonds is 8.